The van der Waals surface area contributed by atoms with Crippen LogP contribution in [0.25, 0.3) is 0 Å². The number of carbonyl (C=O) groups excluding carboxylic acids is 3. The minimum absolute atomic E-state index is 0.110. The summed E-state index contributed by atoms with van der Waals surface area (Å²) in [6, 6.07) is 9.91. The fourth-order valence-electron chi connectivity index (χ4n) is 3.25. The Hall–Kier alpha value is -2.62. The van der Waals surface area contributed by atoms with Crippen molar-refractivity contribution in [2.75, 3.05) is 23.7 Å². The lowest BCUT2D eigenvalue weighted by Gasteiger charge is -2.32. The normalized spacial score (nSPS) is 12.1. The number of Topliss-reactive ketones (excluding diaryl/α,β-unsaturated/α-hetero) is 1. The molecule has 2 aromatic carbocycles. The maximum Gasteiger partial charge on any atom is 0.244 e. The molecule has 1 atom stereocenters. The molecular formula is C23H27Cl2N3O5S. The Labute approximate surface area is 209 Å². The van der Waals surface area contributed by atoms with Crippen molar-refractivity contribution in [1.29, 1.82) is 0 Å². The molecule has 2 amide bonds. The van der Waals surface area contributed by atoms with Crippen molar-refractivity contribution in [3.8, 4) is 0 Å². The summed E-state index contributed by atoms with van der Waals surface area (Å²) in [5.74, 6) is -1.31. The second kappa shape index (κ2) is 11.7. The van der Waals surface area contributed by atoms with Gasteiger partial charge in [0, 0.05) is 34.3 Å². The monoisotopic (exact) mass is 527 g/mol. The lowest BCUT2D eigenvalue weighted by Crippen LogP contribution is -2.51. The van der Waals surface area contributed by atoms with E-state index in [1.54, 1.807) is 31.2 Å². The lowest BCUT2D eigenvalue weighted by atomic mass is 10.1. The summed E-state index contributed by atoms with van der Waals surface area (Å²) in [5.41, 5.74) is 0.888. The second-order valence-electron chi connectivity index (χ2n) is 7.67. The van der Waals surface area contributed by atoms with Crippen LogP contribution in [0, 0.1) is 0 Å². The highest BCUT2D eigenvalue weighted by molar-refractivity contribution is 7.92. The number of carbonyl (C=O) groups is 3. The van der Waals surface area contributed by atoms with E-state index >= 15 is 0 Å². The number of sulfonamides is 1. The Morgan fingerprint density at radius 2 is 1.65 bits per heavy atom. The van der Waals surface area contributed by atoms with E-state index in [9.17, 15) is 22.8 Å². The van der Waals surface area contributed by atoms with E-state index < -0.39 is 34.4 Å². The van der Waals surface area contributed by atoms with Gasteiger partial charge in [0.15, 0.2) is 5.78 Å². The van der Waals surface area contributed by atoms with Crippen molar-refractivity contribution < 1.29 is 22.8 Å². The minimum Gasteiger partial charge on any atom is -0.355 e. The molecule has 11 heteroatoms. The van der Waals surface area contributed by atoms with Crippen LogP contribution in [-0.4, -0.2) is 56.3 Å². The maximum absolute atomic E-state index is 13.5. The highest BCUT2D eigenvalue weighted by Gasteiger charge is 2.31. The molecule has 8 nitrogen and oxygen atoms in total. The number of nitrogens with zero attached hydrogens (tertiary/aromatic N) is 2. The SMILES string of the molecule is CCNC(=O)[C@H](C)N(Cc1c(Cl)cccc1Cl)C(=O)CN(c1cccc(C(C)=O)c1)S(C)(=O)=O. The van der Waals surface area contributed by atoms with Crippen LogP contribution >= 0.6 is 23.2 Å². The second-order valence-corrected chi connectivity index (χ2v) is 10.4. The zero-order valence-corrected chi connectivity index (χ0v) is 21.7. The Balaban J connectivity index is 2.48. The molecule has 1 N–H and O–H groups in total. The van der Waals surface area contributed by atoms with Crippen molar-refractivity contribution in [2.45, 2.75) is 33.4 Å². The average Bonchev–Trinajstić information content (AvgIpc) is 2.76. The summed E-state index contributed by atoms with van der Waals surface area (Å²) in [6.45, 7) is 4.29. The predicted molar refractivity (Wildman–Crippen MR) is 134 cm³/mol. The number of halogens is 2. The van der Waals surface area contributed by atoms with Crippen LogP contribution in [0.2, 0.25) is 10.0 Å². The third kappa shape index (κ3) is 6.94. The molecule has 0 fully saturated rings. The number of amides is 2. The topological polar surface area (TPSA) is 104 Å². The zero-order chi connectivity index (χ0) is 25.6. The third-order valence-electron chi connectivity index (χ3n) is 5.13. The summed E-state index contributed by atoms with van der Waals surface area (Å²) >= 11 is 12.6. The van der Waals surface area contributed by atoms with Crippen molar-refractivity contribution >= 4 is 56.5 Å². The van der Waals surface area contributed by atoms with Gasteiger partial charge in [-0.05, 0) is 45.0 Å². The van der Waals surface area contributed by atoms with Gasteiger partial charge in [-0.1, -0.05) is 41.4 Å². The van der Waals surface area contributed by atoms with Gasteiger partial charge in [0.1, 0.15) is 12.6 Å². The molecule has 2 aromatic rings. The van der Waals surface area contributed by atoms with Crippen LogP contribution in [0.4, 0.5) is 5.69 Å². The lowest BCUT2D eigenvalue weighted by molar-refractivity contribution is -0.139. The van der Waals surface area contributed by atoms with Gasteiger partial charge in [0.05, 0.1) is 11.9 Å². The first kappa shape index (κ1) is 27.6. The van der Waals surface area contributed by atoms with Crippen LogP contribution < -0.4 is 9.62 Å². The molecule has 0 saturated carbocycles. The highest BCUT2D eigenvalue weighted by atomic mass is 35.5. The number of hydrogen-bond donors (Lipinski definition) is 1. The number of benzene rings is 2. The van der Waals surface area contributed by atoms with Crippen LogP contribution in [0.1, 0.15) is 36.7 Å². The summed E-state index contributed by atoms with van der Waals surface area (Å²) in [6.07, 6.45) is 0.962. The number of nitrogens with one attached hydrogen (secondary N) is 1. The first-order valence-corrected chi connectivity index (χ1v) is 13.1. The fraction of sp³-hybridized carbons (Fsp3) is 0.348. The number of rotatable bonds is 10. The quantitative estimate of drug-likeness (QED) is 0.476. The predicted octanol–water partition coefficient (Wildman–Crippen LogP) is 3.52. The van der Waals surface area contributed by atoms with Crippen LogP contribution in [-0.2, 0) is 26.2 Å². The molecule has 0 aliphatic rings. The van der Waals surface area contributed by atoms with Gasteiger partial charge in [-0.15, -0.1) is 0 Å². The van der Waals surface area contributed by atoms with E-state index in [1.807, 2.05) is 0 Å². The van der Waals surface area contributed by atoms with E-state index in [1.165, 1.54) is 36.9 Å². The van der Waals surface area contributed by atoms with E-state index in [2.05, 4.69) is 5.32 Å². The molecule has 184 valence electrons. The van der Waals surface area contributed by atoms with E-state index in [-0.39, 0.29) is 18.0 Å². The molecule has 0 heterocycles. The zero-order valence-electron chi connectivity index (χ0n) is 19.3. The molecule has 2 rings (SSSR count). The van der Waals surface area contributed by atoms with Crippen molar-refractivity contribution in [3.05, 3.63) is 63.6 Å². The van der Waals surface area contributed by atoms with Crippen LogP contribution in [0.15, 0.2) is 42.5 Å². The first-order valence-electron chi connectivity index (χ1n) is 10.5. The standard InChI is InChI=1S/C23H27Cl2N3O5S/c1-5-26-23(31)15(2)27(13-19-20(24)10-7-11-21(19)25)22(30)14-28(34(4,32)33)18-9-6-8-17(12-18)16(3)29/h6-12,15H,5,13-14H2,1-4H3,(H,26,31)/t15-/m0/s1. The molecule has 34 heavy (non-hydrogen) atoms. The van der Waals surface area contributed by atoms with Gasteiger partial charge in [0.25, 0.3) is 0 Å². The largest absolute Gasteiger partial charge is 0.355 e. The fourth-order valence-corrected chi connectivity index (χ4v) is 4.61. The molecule has 0 radical (unpaired) electrons. The summed E-state index contributed by atoms with van der Waals surface area (Å²) < 4.78 is 26.1. The van der Waals surface area contributed by atoms with Gasteiger partial charge in [-0.25, -0.2) is 8.42 Å². The Bertz CT molecular complexity index is 1170. The molecule has 0 saturated heterocycles. The molecule has 0 aliphatic carbocycles. The molecule has 0 bridgehead atoms. The van der Waals surface area contributed by atoms with Gasteiger partial charge in [-0.3, -0.25) is 18.7 Å². The van der Waals surface area contributed by atoms with Gasteiger partial charge in [0.2, 0.25) is 21.8 Å². The Morgan fingerprint density at radius 1 is 1.06 bits per heavy atom. The molecular weight excluding hydrogens is 501 g/mol. The summed E-state index contributed by atoms with van der Waals surface area (Å²) in [4.78, 5) is 39.0. The summed E-state index contributed by atoms with van der Waals surface area (Å²) in [5, 5.41) is 3.28. The molecule has 0 aliphatic heterocycles. The maximum atomic E-state index is 13.5. The summed E-state index contributed by atoms with van der Waals surface area (Å²) in [7, 11) is -3.91. The van der Waals surface area contributed by atoms with E-state index in [4.69, 9.17) is 23.2 Å². The smallest absolute Gasteiger partial charge is 0.244 e. The van der Waals surface area contributed by atoms with Gasteiger partial charge < -0.3 is 10.2 Å². The van der Waals surface area contributed by atoms with Gasteiger partial charge in [-0.2, -0.15) is 0 Å². The highest BCUT2D eigenvalue weighted by Crippen LogP contribution is 2.27. The van der Waals surface area contributed by atoms with E-state index in [0.29, 0.717) is 27.7 Å². The minimum atomic E-state index is -3.91. The third-order valence-corrected chi connectivity index (χ3v) is 6.98. The van der Waals surface area contributed by atoms with Crippen molar-refractivity contribution in [2.24, 2.45) is 0 Å². The van der Waals surface area contributed by atoms with Crippen molar-refractivity contribution in [3.63, 3.8) is 0 Å². The molecule has 0 spiro atoms. The van der Waals surface area contributed by atoms with Gasteiger partial charge >= 0.3 is 0 Å². The Kier molecular flexibility index (Phi) is 9.49. The van der Waals surface area contributed by atoms with Crippen molar-refractivity contribution in [1.82, 2.24) is 10.2 Å². The van der Waals surface area contributed by atoms with E-state index in [0.717, 1.165) is 10.6 Å². The number of ketones is 1. The first-order chi connectivity index (χ1) is 15.9. The number of hydrogen-bond acceptors (Lipinski definition) is 5. The number of anilines is 1. The van der Waals surface area contributed by atoms with Crippen LogP contribution in [0.3, 0.4) is 0 Å². The molecule has 0 unspecified atom stereocenters. The van der Waals surface area contributed by atoms with Crippen LogP contribution in [0.5, 0.6) is 0 Å². The number of likely N-dealkylation sites (N-methyl/N-ethyl adjacent to an activating group) is 1. The molecule has 0 aromatic heterocycles. The Morgan fingerprint density at radius 3 is 2.18 bits per heavy atom. The average molecular weight is 528 g/mol.